The van der Waals surface area contributed by atoms with Crippen molar-refractivity contribution in [2.45, 2.75) is 31.8 Å². The van der Waals surface area contributed by atoms with E-state index in [0.717, 1.165) is 19.3 Å². The van der Waals surface area contributed by atoms with Crippen LogP contribution in [0.5, 0.6) is 0 Å². The van der Waals surface area contributed by atoms with Gasteiger partial charge in [0.1, 0.15) is 6.10 Å². The molecule has 1 fully saturated rings. The maximum absolute atomic E-state index is 10.8. The number of hydrogen-bond acceptors (Lipinski definition) is 3. The molecule has 14 heavy (non-hydrogen) atoms. The molecule has 0 bridgehead atoms. The maximum atomic E-state index is 10.8. The van der Waals surface area contributed by atoms with Crippen molar-refractivity contribution < 1.29 is 9.53 Å². The molecule has 2 rings (SSSR count). The van der Waals surface area contributed by atoms with Crippen molar-refractivity contribution in [3.63, 3.8) is 0 Å². The van der Waals surface area contributed by atoms with Crippen LogP contribution in [0.4, 0.5) is 0 Å². The molecule has 1 aromatic heterocycles. The Bertz CT molecular complexity index is 310. The van der Waals surface area contributed by atoms with Crippen LogP contribution in [0.15, 0.2) is 24.5 Å². The molecule has 0 aliphatic carbocycles. The van der Waals surface area contributed by atoms with E-state index in [1.165, 1.54) is 5.56 Å². The number of pyridine rings is 1. The standard InChI is InChI=1S/C11H13NO2/c13-11-4-3-10(14-11)2-1-9-5-7-12-8-6-9/h5-8,10H,1-4H2/t10-/m0/s1. The van der Waals surface area contributed by atoms with Crippen molar-refractivity contribution in [2.24, 2.45) is 0 Å². The zero-order valence-corrected chi connectivity index (χ0v) is 7.98. The van der Waals surface area contributed by atoms with Gasteiger partial charge in [-0.1, -0.05) is 0 Å². The number of aryl methyl sites for hydroxylation is 1. The van der Waals surface area contributed by atoms with Crippen LogP contribution < -0.4 is 0 Å². The van der Waals surface area contributed by atoms with E-state index in [1.807, 2.05) is 12.1 Å². The molecule has 74 valence electrons. The molecule has 3 nitrogen and oxygen atoms in total. The van der Waals surface area contributed by atoms with Crippen molar-refractivity contribution >= 4 is 5.97 Å². The number of carbonyl (C=O) groups is 1. The van der Waals surface area contributed by atoms with Gasteiger partial charge >= 0.3 is 5.97 Å². The highest BCUT2D eigenvalue weighted by molar-refractivity contribution is 5.71. The highest BCUT2D eigenvalue weighted by Crippen LogP contribution is 2.18. The van der Waals surface area contributed by atoms with E-state index in [0.29, 0.717) is 6.42 Å². The van der Waals surface area contributed by atoms with E-state index in [2.05, 4.69) is 4.98 Å². The fourth-order valence-corrected chi connectivity index (χ4v) is 1.66. The molecule has 1 aliphatic heterocycles. The first-order valence-electron chi connectivity index (χ1n) is 4.93. The quantitative estimate of drug-likeness (QED) is 0.683. The van der Waals surface area contributed by atoms with E-state index in [9.17, 15) is 4.79 Å². The fourth-order valence-electron chi connectivity index (χ4n) is 1.66. The molecule has 0 N–H and O–H groups in total. The highest BCUT2D eigenvalue weighted by Gasteiger charge is 2.22. The number of aromatic nitrogens is 1. The summed E-state index contributed by atoms with van der Waals surface area (Å²) >= 11 is 0. The molecule has 0 saturated carbocycles. The second kappa shape index (κ2) is 4.22. The summed E-state index contributed by atoms with van der Waals surface area (Å²) in [5.74, 6) is -0.0512. The molecule has 1 aromatic rings. The SMILES string of the molecule is O=C1CC[C@H](CCc2ccncc2)O1. The van der Waals surface area contributed by atoms with Gasteiger partial charge in [-0.15, -0.1) is 0 Å². The van der Waals surface area contributed by atoms with Gasteiger partial charge < -0.3 is 4.74 Å². The largest absolute Gasteiger partial charge is 0.462 e. The maximum Gasteiger partial charge on any atom is 0.306 e. The van der Waals surface area contributed by atoms with Crippen molar-refractivity contribution in [1.29, 1.82) is 0 Å². The Kier molecular flexibility index (Phi) is 2.77. The minimum absolute atomic E-state index is 0.0512. The average Bonchev–Trinajstić information content (AvgIpc) is 2.63. The van der Waals surface area contributed by atoms with Crippen LogP contribution >= 0.6 is 0 Å². The number of rotatable bonds is 3. The Hall–Kier alpha value is -1.38. The van der Waals surface area contributed by atoms with Crippen molar-refractivity contribution in [3.05, 3.63) is 30.1 Å². The first-order chi connectivity index (χ1) is 6.84. The third-order valence-corrected chi connectivity index (χ3v) is 2.47. The molecule has 0 unspecified atom stereocenters. The van der Waals surface area contributed by atoms with Gasteiger partial charge in [0, 0.05) is 18.8 Å². The number of cyclic esters (lactones) is 1. The number of nitrogens with zero attached hydrogens (tertiary/aromatic N) is 1. The topological polar surface area (TPSA) is 39.2 Å². The van der Waals surface area contributed by atoms with E-state index in [-0.39, 0.29) is 12.1 Å². The molecule has 0 aromatic carbocycles. The lowest BCUT2D eigenvalue weighted by molar-refractivity contribution is -0.141. The van der Waals surface area contributed by atoms with E-state index < -0.39 is 0 Å². The van der Waals surface area contributed by atoms with Crippen LogP contribution in [0.1, 0.15) is 24.8 Å². The van der Waals surface area contributed by atoms with Crippen LogP contribution in [0.25, 0.3) is 0 Å². The second-order valence-corrected chi connectivity index (χ2v) is 3.54. The van der Waals surface area contributed by atoms with Gasteiger partial charge in [-0.25, -0.2) is 0 Å². The van der Waals surface area contributed by atoms with Crippen LogP contribution in [0, 0.1) is 0 Å². The number of esters is 1. The lowest BCUT2D eigenvalue weighted by Crippen LogP contribution is -2.07. The lowest BCUT2D eigenvalue weighted by atomic mass is 10.1. The Labute approximate surface area is 83.1 Å². The summed E-state index contributed by atoms with van der Waals surface area (Å²) in [6.45, 7) is 0. The Balaban J connectivity index is 1.80. The van der Waals surface area contributed by atoms with E-state index in [1.54, 1.807) is 12.4 Å². The predicted molar refractivity (Wildman–Crippen MR) is 51.7 cm³/mol. The van der Waals surface area contributed by atoms with Gasteiger partial charge in [-0.05, 0) is 37.0 Å². The molecule has 2 heterocycles. The third-order valence-electron chi connectivity index (χ3n) is 2.47. The minimum atomic E-state index is -0.0512. The Morgan fingerprint density at radius 1 is 1.43 bits per heavy atom. The van der Waals surface area contributed by atoms with Crippen molar-refractivity contribution in [3.8, 4) is 0 Å². The first-order valence-corrected chi connectivity index (χ1v) is 4.93. The Morgan fingerprint density at radius 2 is 2.21 bits per heavy atom. The average molecular weight is 191 g/mol. The second-order valence-electron chi connectivity index (χ2n) is 3.54. The molecular weight excluding hydrogens is 178 g/mol. The van der Waals surface area contributed by atoms with E-state index in [4.69, 9.17) is 4.74 Å². The Morgan fingerprint density at radius 3 is 2.86 bits per heavy atom. The predicted octanol–water partition coefficient (Wildman–Crippen LogP) is 1.72. The van der Waals surface area contributed by atoms with Gasteiger partial charge in [-0.2, -0.15) is 0 Å². The zero-order chi connectivity index (χ0) is 9.80. The summed E-state index contributed by atoms with van der Waals surface area (Å²) in [5, 5.41) is 0. The van der Waals surface area contributed by atoms with Crippen LogP contribution in [-0.4, -0.2) is 17.1 Å². The fraction of sp³-hybridized carbons (Fsp3) is 0.455. The van der Waals surface area contributed by atoms with Crippen LogP contribution in [0.3, 0.4) is 0 Å². The summed E-state index contributed by atoms with van der Waals surface area (Å²) in [6.07, 6.45) is 7.06. The van der Waals surface area contributed by atoms with E-state index >= 15 is 0 Å². The highest BCUT2D eigenvalue weighted by atomic mass is 16.5. The molecule has 0 radical (unpaired) electrons. The van der Waals surface area contributed by atoms with Gasteiger partial charge in [-0.3, -0.25) is 9.78 Å². The smallest absolute Gasteiger partial charge is 0.306 e. The summed E-state index contributed by atoms with van der Waals surface area (Å²) in [4.78, 5) is 14.8. The minimum Gasteiger partial charge on any atom is -0.462 e. The van der Waals surface area contributed by atoms with Gasteiger partial charge in [0.05, 0.1) is 0 Å². The van der Waals surface area contributed by atoms with Crippen LogP contribution in [0.2, 0.25) is 0 Å². The van der Waals surface area contributed by atoms with Crippen LogP contribution in [-0.2, 0) is 16.0 Å². The summed E-state index contributed by atoms with van der Waals surface area (Å²) in [6, 6.07) is 3.99. The molecule has 1 saturated heterocycles. The van der Waals surface area contributed by atoms with Gasteiger partial charge in [0.25, 0.3) is 0 Å². The molecule has 3 heteroatoms. The van der Waals surface area contributed by atoms with Crippen molar-refractivity contribution in [2.75, 3.05) is 0 Å². The number of carbonyl (C=O) groups excluding carboxylic acids is 1. The summed E-state index contributed by atoms with van der Waals surface area (Å²) < 4.78 is 5.13. The van der Waals surface area contributed by atoms with Gasteiger partial charge in [0.15, 0.2) is 0 Å². The molecule has 1 atom stereocenters. The lowest BCUT2D eigenvalue weighted by Gasteiger charge is -2.08. The number of hydrogen-bond donors (Lipinski definition) is 0. The summed E-state index contributed by atoms with van der Waals surface area (Å²) in [5.41, 5.74) is 1.25. The number of ether oxygens (including phenoxy) is 1. The zero-order valence-electron chi connectivity index (χ0n) is 7.98. The summed E-state index contributed by atoms with van der Waals surface area (Å²) in [7, 11) is 0. The molecule has 0 amide bonds. The van der Waals surface area contributed by atoms with Gasteiger partial charge in [0.2, 0.25) is 0 Å². The monoisotopic (exact) mass is 191 g/mol. The first kappa shape index (κ1) is 9.19. The van der Waals surface area contributed by atoms with Crippen molar-refractivity contribution in [1.82, 2.24) is 4.98 Å². The molecular formula is C11H13NO2. The third kappa shape index (κ3) is 2.31. The molecule has 1 aliphatic rings. The molecule has 0 spiro atoms. The normalized spacial score (nSPS) is 20.9.